The van der Waals surface area contributed by atoms with Crippen molar-refractivity contribution in [3.05, 3.63) is 64.8 Å². The predicted molar refractivity (Wildman–Crippen MR) is 95.9 cm³/mol. The number of nitrogens with zero attached hydrogens (tertiary/aromatic N) is 2. The largest absolute Gasteiger partial charge is 0.278 e. The first kappa shape index (κ1) is 16.8. The van der Waals surface area contributed by atoms with Crippen LogP contribution in [0.15, 0.2) is 59.6 Å². The Morgan fingerprint density at radius 2 is 1.79 bits per heavy atom. The average Bonchev–Trinajstić information content (AvgIpc) is 2.94. The number of aryl methyl sites for hydroxylation is 1. The standard InChI is InChI=1S/C16H13Cl2N3O2S/c1-21-10-15(16(19-21)11-5-3-2-4-6-11)24(22,23)20-14-8-7-12(17)9-13(14)18/h2-10,20H,1H3. The van der Waals surface area contributed by atoms with Crippen molar-refractivity contribution in [1.82, 2.24) is 9.78 Å². The van der Waals surface area contributed by atoms with Crippen LogP contribution in [-0.4, -0.2) is 18.2 Å². The normalized spacial score (nSPS) is 11.5. The second-order valence-electron chi connectivity index (χ2n) is 5.11. The molecule has 0 spiro atoms. The van der Waals surface area contributed by atoms with E-state index in [1.807, 2.05) is 18.2 Å². The van der Waals surface area contributed by atoms with Crippen LogP contribution in [-0.2, 0) is 17.1 Å². The lowest BCUT2D eigenvalue weighted by Gasteiger charge is -2.10. The van der Waals surface area contributed by atoms with Gasteiger partial charge in [0, 0.05) is 23.8 Å². The number of anilines is 1. The fourth-order valence-corrected chi connectivity index (χ4v) is 4.03. The molecule has 0 saturated heterocycles. The van der Waals surface area contributed by atoms with E-state index in [1.165, 1.54) is 23.0 Å². The first-order valence-electron chi connectivity index (χ1n) is 6.94. The zero-order chi connectivity index (χ0) is 17.3. The lowest BCUT2D eigenvalue weighted by Crippen LogP contribution is -2.13. The second kappa shape index (κ2) is 6.47. The van der Waals surface area contributed by atoms with E-state index in [0.717, 1.165) is 0 Å². The molecule has 0 aliphatic rings. The fraction of sp³-hybridized carbons (Fsp3) is 0.0625. The third-order valence-electron chi connectivity index (χ3n) is 3.31. The summed E-state index contributed by atoms with van der Waals surface area (Å²) in [6.07, 6.45) is 1.45. The van der Waals surface area contributed by atoms with Gasteiger partial charge in [-0.25, -0.2) is 8.42 Å². The van der Waals surface area contributed by atoms with Crippen molar-refractivity contribution in [2.45, 2.75) is 4.90 Å². The Morgan fingerprint density at radius 1 is 1.08 bits per heavy atom. The van der Waals surface area contributed by atoms with E-state index in [2.05, 4.69) is 9.82 Å². The predicted octanol–water partition coefficient (Wildman–Crippen LogP) is 4.19. The maximum absolute atomic E-state index is 12.8. The minimum absolute atomic E-state index is 0.0715. The highest BCUT2D eigenvalue weighted by atomic mass is 35.5. The molecule has 3 aromatic rings. The lowest BCUT2D eigenvalue weighted by molar-refractivity contribution is 0.601. The summed E-state index contributed by atoms with van der Waals surface area (Å²) < 4.78 is 29.5. The zero-order valence-corrected chi connectivity index (χ0v) is 14.9. The van der Waals surface area contributed by atoms with Crippen LogP contribution < -0.4 is 4.72 Å². The maximum atomic E-state index is 12.8. The van der Waals surface area contributed by atoms with Gasteiger partial charge in [0.1, 0.15) is 10.6 Å². The van der Waals surface area contributed by atoms with Crippen LogP contribution in [0.1, 0.15) is 0 Å². The van der Waals surface area contributed by atoms with E-state index in [9.17, 15) is 8.42 Å². The molecule has 1 heterocycles. The number of sulfonamides is 1. The van der Waals surface area contributed by atoms with Gasteiger partial charge in [0.05, 0.1) is 10.7 Å². The highest BCUT2D eigenvalue weighted by Crippen LogP contribution is 2.30. The highest BCUT2D eigenvalue weighted by molar-refractivity contribution is 7.92. The molecule has 0 aliphatic heterocycles. The summed E-state index contributed by atoms with van der Waals surface area (Å²) in [5.41, 5.74) is 1.33. The Labute approximate surface area is 149 Å². The molecule has 0 unspecified atom stereocenters. The molecule has 5 nitrogen and oxygen atoms in total. The first-order valence-corrected chi connectivity index (χ1v) is 9.18. The molecule has 124 valence electrons. The second-order valence-corrected chi connectivity index (χ2v) is 7.61. The minimum Gasteiger partial charge on any atom is -0.278 e. The van der Waals surface area contributed by atoms with Gasteiger partial charge in [-0.05, 0) is 18.2 Å². The van der Waals surface area contributed by atoms with E-state index in [4.69, 9.17) is 23.2 Å². The van der Waals surface area contributed by atoms with E-state index >= 15 is 0 Å². The van der Waals surface area contributed by atoms with Crippen LogP contribution in [0.25, 0.3) is 11.3 Å². The number of benzene rings is 2. The summed E-state index contributed by atoms with van der Waals surface area (Å²) in [6, 6.07) is 13.7. The molecule has 2 aromatic carbocycles. The van der Waals surface area contributed by atoms with Crippen molar-refractivity contribution in [1.29, 1.82) is 0 Å². The summed E-state index contributed by atoms with van der Waals surface area (Å²) in [5.74, 6) is 0. The third kappa shape index (κ3) is 3.40. The van der Waals surface area contributed by atoms with Gasteiger partial charge in [0.25, 0.3) is 10.0 Å². The monoisotopic (exact) mass is 381 g/mol. The van der Waals surface area contributed by atoms with Crippen LogP contribution in [0.5, 0.6) is 0 Å². The van der Waals surface area contributed by atoms with Crippen molar-refractivity contribution in [3.63, 3.8) is 0 Å². The summed E-state index contributed by atoms with van der Waals surface area (Å²) in [4.78, 5) is 0.0715. The van der Waals surface area contributed by atoms with E-state index in [1.54, 1.807) is 25.2 Å². The number of hydrogen-bond acceptors (Lipinski definition) is 3. The van der Waals surface area contributed by atoms with Crippen LogP contribution in [0, 0.1) is 0 Å². The molecule has 8 heteroatoms. The lowest BCUT2D eigenvalue weighted by atomic mass is 10.2. The van der Waals surface area contributed by atoms with Crippen molar-refractivity contribution in [2.75, 3.05) is 4.72 Å². The average molecular weight is 382 g/mol. The number of halogens is 2. The number of aromatic nitrogens is 2. The van der Waals surface area contributed by atoms with Gasteiger partial charge in [0.2, 0.25) is 0 Å². The number of nitrogens with one attached hydrogen (secondary N) is 1. The molecular weight excluding hydrogens is 369 g/mol. The molecule has 0 atom stereocenters. The molecule has 0 fully saturated rings. The zero-order valence-electron chi connectivity index (χ0n) is 12.6. The van der Waals surface area contributed by atoms with E-state index in [0.29, 0.717) is 16.3 Å². The van der Waals surface area contributed by atoms with E-state index < -0.39 is 10.0 Å². The van der Waals surface area contributed by atoms with Crippen LogP contribution in [0.4, 0.5) is 5.69 Å². The molecule has 3 rings (SSSR count). The van der Waals surface area contributed by atoms with Gasteiger partial charge in [-0.2, -0.15) is 5.10 Å². The van der Waals surface area contributed by atoms with Crippen molar-refractivity contribution >= 4 is 38.9 Å². The van der Waals surface area contributed by atoms with Gasteiger partial charge in [0.15, 0.2) is 0 Å². The van der Waals surface area contributed by atoms with Gasteiger partial charge >= 0.3 is 0 Å². The summed E-state index contributed by atoms with van der Waals surface area (Å²) in [7, 11) is -2.20. The molecule has 1 aromatic heterocycles. The smallest absolute Gasteiger partial charge is 0.265 e. The molecule has 1 N–H and O–H groups in total. The van der Waals surface area contributed by atoms with Gasteiger partial charge in [-0.1, -0.05) is 53.5 Å². The molecule has 0 aliphatic carbocycles. The van der Waals surface area contributed by atoms with Crippen LogP contribution in [0.3, 0.4) is 0 Å². The van der Waals surface area contributed by atoms with Crippen molar-refractivity contribution < 1.29 is 8.42 Å². The Kier molecular flexibility index (Phi) is 4.54. The van der Waals surface area contributed by atoms with Gasteiger partial charge < -0.3 is 0 Å². The van der Waals surface area contributed by atoms with Crippen molar-refractivity contribution in [3.8, 4) is 11.3 Å². The quantitative estimate of drug-likeness (QED) is 0.736. The minimum atomic E-state index is -3.87. The summed E-state index contributed by atoms with van der Waals surface area (Å²) >= 11 is 11.9. The highest BCUT2D eigenvalue weighted by Gasteiger charge is 2.24. The van der Waals surface area contributed by atoms with Crippen molar-refractivity contribution in [2.24, 2.45) is 7.05 Å². The summed E-state index contributed by atoms with van der Waals surface area (Å²) in [6.45, 7) is 0. The Morgan fingerprint density at radius 3 is 2.46 bits per heavy atom. The van der Waals surface area contributed by atoms with Gasteiger partial charge in [-0.3, -0.25) is 9.40 Å². The topological polar surface area (TPSA) is 64.0 Å². The molecule has 0 bridgehead atoms. The van der Waals surface area contributed by atoms with E-state index in [-0.39, 0.29) is 15.6 Å². The number of hydrogen-bond donors (Lipinski definition) is 1. The Balaban J connectivity index is 2.05. The molecule has 0 radical (unpaired) electrons. The Bertz CT molecular complexity index is 986. The molecule has 24 heavy (non-hydrogen) atoms. The maximum Gasteiger partial charge on any atom is 0.265 e. The van der Waals surface area contributed by atoms with Gasteiger partial charge in [-0.15, -0.1) is 0 Å². The SMILES string of the molecule is Cn1cc(S(=O)(=O)Nc2ccc(Cl)cc2Cl)c(-c2ccccc2)n1. The van der Waals surface area contributed by atoms with Crippen LogP contribution >= 0.6 is 23.2 Å². The molecular formula is C16H13Cl2N3O2S. The third-order valence-corrected chi connectivity index (χ3v) is 5.22. The molecule has 0 saturated carbocycles. The first-order chi connectivity index (χ1) is 11.4. The Hall–Kier alpha value is -2.02. The summed E-state index contributed by atoms with van der Waals surface area (Å²) in [5, 5.41) is 4.91. The van der Waals surface area contributed by atoms with Crippen LogP contribution in [0.2, 0.25) is 10.0 Å². The fourth-order valence-electron chi connectivity index (χ4n) is 2.23. The molecule has 0 amide bonds. The number of rotatable bonds is 4.